The van der Waals surface area contributed by atoms with Gasteiger partial charge in [0, 0.05) is 5.70 Å². The number of thioether (sulfide) groups is 1. The van der Waals surface area contributed by atoms with Gasteiger partial charge in [0.1, 0.15) is 11.7 Å². The number of fused-ring (bicyclic) bond motifs is 2. The van der Waals surface area contributed by atoms with Crippen LogP contribution in [0.5, 0.6) is 0 Å². The molecule has 174 valence electrons. The molecule has 35 heavy (non-hydrogen) atoms. The SMILES string of the molecule is CC1=NN(c2ccccc2)C(=O)C1C1=CSC2=Nc3nc(C)n(N)c(=O)c3C(c3ccccc3)N12. The van der Waals surface area contributed by atoms with Gasteiger partial charge >= 0.3 is 0 Å². The summed E-state index contributed by atoms with van der Waals surface area (Å²) in [5.74, 6) is 6.01. The summed E-state index contributed by atoms with van der Waals surface area (Å²) in [5.41, 5.74) is 2.98. The number of amides is 1. The molecule has 2 atom stereocenters. The van der Waals surface area contributed by atoms with E-state index in [1.165, 1.54) is 16.8 Å². The van der Waals surface area contributed by atoms with Gasteiger partial charge in [-0.3, -0.25) is 9.59 Å². The zero-order valence-electron chi connectivity index (χ0n) is 19.0. The second-order valence-electron chi connectivity index (χ2n) is 8.47. The van der Waals surface area contributed by atoms with E-state index in [1.807, 2.05) is 77.9 Å². The fourth-order valence-corrected chi connectivity index (χ4v) is 5.62. The minimum absolute atomic E-state index is 0.155. The molecule has 1 aromatic heterocycles. The lowest BCUT2D eigenvalue weighted by atomic mass is 9.93. The molecule has 10 heteroatoms. The van der Waals surface area contributed by atoms with Crippen LogP contribution in [0, 0.1) is 12.8 Å². The average Bonchev–Trinajstić information content (AvgIpc) is 3.41. The summed E-state index contributed by atoms with van der Waals surface area (Å²) in [5, 5.41) is 8.59. The highest BCUT2D eigenvalue weighted by molar-refractivity contribution is 8.16. The Morgan fingerprint density at radius 3 is 2.37 bits per heavy atom. The molecule has 4 heterocycles. The highest BCUT2D eigenvalue weighted by Gasteiger charge is 2.47. The zero-order valence-corrected chi connectivity index (χ0v) is 19.8. The second kappa shape index (κ2) is 7.95. The zero-order chi connectivity index (χ0) is 24.3. The van der Waals surface area contributed by atoms with Crippen molar-refractivity contribution >= 4 is 40.1 Å². The summed E-state index contributed by atoms with van der Waals surface area (Å²) >= 11 is 1.41. The molecule has 0 radical (unpaired) electrons. The van der Waals surface area contributed by atoms with Gasteiger partial charge in [-0.2, -0.15) is 10.1 Å². The third kappa shape index (κ3) is 3.21. The van der Waals surface area contributed by atoms with Gasteiger partial charge in [-0.15, -0.1) is 0 Å². The van der Waals surface area contributed by atoms with Crippen molar-refractivity contribution in [3.8, 4) is 0 Å². The first-order valence-corrected chi connectivity index (χ1v) is 12.0. The Kier molecular flexibility index (Phi) is 4.85. The van der Waals surface area contributed by atoms with Crippen LogP contribution in [0.3, 0.4) is 0 Å². The monoisotopic (exact) mass is 483 g/mol. The molecule has 0 saturated carbocycles. The van der Waals surface area contributed by atoms with Gasteiger partial charge in [0.05, 0.1) is 23.0 Å². The normalized spacial score (nSPS) is 20.9. The number of carbonyl (C=O) groups is 1. The molecule has 1 amide bonds. The molecule has 3 aliphatic heterocycles. The van der Waals surface area contributed by atoms with Crippen LogP contribution in [0.4, 0.5) is 11.5 Å². The predicted octanol–water partition coefficient (Wildman–Crippen LogP) is 3.29. The number of benzene rings is 2. The number of anilines is 1. The van der Waals surface area contributed by atoms with Crippen LogP contribution < -0.4 is 16.4 Å². The Labute approximate surface area is 205 Å². The molecule has 6 rings (SSSR count). The Bertz CT molecular complexity index is 1510. The molecule has 0 spiro atoms. The van der Waals surface area contributed by atoms with E-state index < -0.39 is 12.0 Å². The molecular weight excluding hydrogens is 462 g/mol. The smallest absolute Gasteiger partial charge is 0.279 e. The van der Waals surface area contributed by atoms with E-state index in [2.05, 4.69) is 10.1 Å². The molecular formula is C25H21N7O2S. The number of hydrazone groups is 1. The number of nitrogen functional groups attached to an aromatic ring is 1. The molecule has 3 aromatic rings. The summed E-state index contributed by atoms with van der Waals surface area (Å²) in [6.07, 6.45) is 0. The third-order valence-corrected chi connectivity index (χ3v) is 7.21. The number of aliphatic imine (C=N–C) groups is 1. The number of nitrogens with two attached hydrogens (primary N) is 1. The summed E-state index contributed by atoms with van der Waals surface area (Å²) in [6, 6.07) is 18.5. The minimum Gasteiger partial charge on any atom is -0.335 e. The largest absolute Gasteiger partial charge is 0.335 e. The van der Waals surface area contributed by atoms with Crippen LogP contribution in [0.1, 0.15) is 29.9 Å². The number of aryl methyl sites for hydroxylation is 1. The van der Waals surface area contributed by atoms with Crippen molar-refractivity contribution in [2.75, 3.05) is 10.9 Å². The van der Waals surface area contributed by atoms with Crippen molar-refractivity contribution in [3.63, 3.8) is 0 Å². The molecule has 0 fully saturated rings. The molecule has 2 unspecified atom stereocenters. The average molecular weight is 484 g/mol. The first kappa shape index (κ1) is 21.4. The molecule has 9 nitrogen and oxygen atoms in total. The number of rotatable bonds is 3. The van der Waals surface area contributed by atoms with Crippen LogP contribution in [-0.4, -0.2) is 31.3 Å². The van der Waals surface area contributed by atoms with Crippen molar-refractivity contribution in [1.82, 2.24) is 14.6 Å². The Morgan fingerprint density at radius 2 is 1.66 bits per heavy atom. The van der Waals surface area contributed by atoms with Gasteiger partial charge in [-0.25, -0.2) is 14.7 Å². The summed E-state index contributed by atoms with van der Waals surface area (Å²) in [7, 11) is 0. The van der Waals surface area contributed by atoms with Crippen molar-refractivity contribution in [3.05, 3.63) is 99.1 Å². The van der Waals surface area contributed by atoms with E-state index in [4.69, 9.17) is 10.8 Å². The van der Waals surface area contributed by atoms with E-state index in [9.17, 15) is 9.59 Å². The quantitative estimate of drug-likeness (QED) is 0.573. The topological polar surface area (TPSA) is 109 Å². The first-order chi connectivity index (χ1) is 17.0. The maximum absolute atomic E-state index is 13.6. The maximum atomic E-state index is 13.6. The van der Waals surface area contributed by atoms with Gasteiger partial charge in [-0.05, 0) is 37.0 Å². The summed E-state index contributed by atoms with van der Waals surface area (Å²) < 4.78 is 1.05. The minimum atomic E-state index is -0.610. The lowest BCUT2D eigenvalue weighted by Gasteiger charge is -2.36. The van der Waals surface area contributed by atoms with E-state index in [0.717, 1.165) is 15.9 Å². The summed E-state index contributed by atoms with van der Waals surface area (Å²) in [6.45, 7) is 3.52. The number of hydrogen-bond donors (Lipinski definition) is 1. The van der Waals surface area contributed by atoms with Crippen molar-refractivity contribution in [2.24, 2.45) is 16.0 Å². The fourth-order valence-electron chi connectivity index (χ4n) is 4.68. The van der Waals surface area contributed by atoms with Gasteiger partial charge in [-0.1, -0.05) is 60.3 Å². The highest BCUT2D eigenvalue weighted by atomic mass is 32.2. The van der Waals surface area contributed by atoms with Gasteiger partial charge in [0.25, 0.3) is 11.5 Å². The molecule has 0 bridgehead atoms. The molecule has 2 aromatic carbocycles. The van der Waals surface area contributed by atoms with Crippen molar-refractivity contribution in [1.29, 1.82) is 0 Å². The number of amidine groups is 1. The lowest BCUT2D eigenvalue weighted by Crippen LogP contribution is -2.43. The van der Waals surface area contributed by atoms with Crippen LogP contribution in [-0.2, 0) is 4.79 Å². The van der Waals surface area contributed by atoms with E-state index in [0.29, 0.717) is 33.8 Å². The molecule has 0 saturated heterocycles. The lowest BCUT2D eigenvalue weighted by molar-refractivity contribution is -0.119. The number of carbonyl (C=O) groups excluding carboxylic acids is 1. The Morgan fingerprint density at radius 1 is 0.971 bits per heavy atom. The van der Waals surface area contributed by atoms with Crippen LogP contribution in [0.15, 0.2) is 86.7 Å². The van der Waals surface area contributed by atoms with Crippen LogP contribution in [0.25, 0.3) is 0 Å². The van der Waals surface area contributed by atoms with Crippen LogP contribution >= 0.6 is 11.8 Å². The number of aromatic nitrogens is 2. The molecule has 2 N–H and O–H groups in total. The van der Waals surface area contributed by atoms with Crippen molar-refractivity contribution < 1.29 is 4.79 Å². The van der Waals surface area contributed by atoms with E-state index in [1.54, 1.807) is 6.92 Å². The van der Waals surface area contributed by atoms with Crippen LogP contribution in [0.2, 0.25) is 0 Å². The van der Waals surface area contributed by atoms with Gasteiger partial charge in [0.15, 0.2) is 11.0 Å². The van der Waals surface area contributed by atoms with E-state index >= 15 is 0 Å². The van der Waals surface area contributed by atoms with Gasteiger partial charge < -0.3 is 10.7 Å². The number of hydrogen-bond acceptors (Lipinski definition) is 8. The predicted molar refractivity (Wildman–Crippen MR) is 137 cm³/mol. The maximum Gasteiger partial charge on any atom is 0.279 e. The second-order valence-corrected chi connectivity index (χ2v) is 9.31. The van der Waals surface area contributed by atoms with Gasteiger partial charge in [0.2, 0.25) is 0 Å². The van der Waals surface area contributed by atoms with Crippen molar-refractivity contribution in [2.45, 2.75) is 19.9 Å². The van der Waals surface area contributed by atoms with E-state index in [-0.39, 0.29) is 11.5 Å². The Balaban J connectivity index is 1.49. The molecule has 0 aliphatic carbocycles. The Hall–Kier alpha value is -4.18. The standard InChI is InChI=1S/C25H21N7O2S/c1-14-19(24(34)32(29-14)17-11-7-4-8-12-17)18-13-35-25-28-22-20(23(33)31(26)15(2)27-22)21(30(18)25)16-9-5-3-6-10-16/h3-13,19,21H,26H2,1-2H3. The number of para-hydroxylation sites is 1. The summed E-state index contributed by atoms with van der Waals surface area (Å²) in [4.78, 5) is 38.2. The first-order valence-electron chi connectivity index (χ1n) is 11.1. The molecule has 3 aliphatic rings. The highest BCUT2D eigenvalue weighted by Crippen LogP contribution is 2.47. The third-order valence-electron chi connectivity index (χ3n) is 6.35. The fraction of sp³-hybridized carbons (Fsp3) is 0.160. The number of nitrogens with zero attached hydrogens (tertiary/aromatic N) is 6.